The van der Waals surface area contributed by atoms with Crippen LogP contribution < -0.4 is 10.2 Å². The third-order valence-electron chi connectivity index (χ3n) is 15.9. The van der Waals surface area contributed by atoms with Gasteiger partial charge in [-0.1, -0.05) is 319 Å². The zero-order valence-corrected chi connectivity index (χ0v) is 57.0. The van der Waals surface area contributed by atoms with Crippen LogP contribution in [0.1, 0.15) is 335 Å². The quantitative estimate of drug-likeness (QED) is 0.0212. The lowest BCUT2D eigenvalue weighted by Gasteiger charge is -2.30. The van der Waals surface area contributed by atoms with E-state index in [2.05, 4.69) is 86.8 Å². The van der Waals surface area contributed by atoms with Crippen molar-refractivity contribution in [1.29, 1.82) is 0 Å². The first-order valence-electron chi connectivity index (χ1n) is 35.7. The van der Waals surface area contributed by atoms with E-state index in [4.69, 9.17) is 13.8 Å². The highest BCUT2D eigenvalue weighted by atomic mass is 31.2. The molecule has 0 saturated heterocycles. The fourth-order valence-electron chi connectivity index (χ4n) is 10.4. The summed E-state index contributed by atoms with van der Waals surface area (Å²) in [6, 6.07) is -0.895. The van der Waals surface area contributed by atoms with Crippen LogP contribution in [0.3, 0.4) is 0 Å². The number of hydrogen-bond acceptors (Lipinski definition) is 7. The van der Waals surface area contributed by atoms with Crippen molar-refractivity contribution in [3.63, 3.8) is 0 Å². The van der Waals surface area contributed by atoms with Gasteiger partial charge in [-0.3, -0.25) is 14.2 Å². The van der Waals surface area contributed by atoms with Crippen LogP contribution in [0.25, 0.3) is 0 Å². The molecule has 0 heterocycles. The molecule has 10 heteroatoms. The number of phosphoric ester groups is 1. The number of hydrogen-bond donors (Lipinski definition) is 1. The van der Waals surface area contributed by atoms with Gasteiger partial charge in [0.1, 0.15) is 19.3 Å². The Morgan fingerprint density at radius 3 is 1.14 bits per heavy atom. The number of ether oxygens (including phenoxy) is 1. The number of esters is 1. The number of nitrogens with one attached hydrogen (secondary N) is 1. The Balaban J connectivity index is 5.08. The minimum atomic E-state index is -4.71. The maximum absolute atomic E-state index is 13.6. The zero-order chi connectivity index (χ0) is 61.4. The molecule has 490 valence electrons. The van der Waals surface area contributed by atoms with Gasteiger partial charge in [-0.15, -0.1) is 0 Å². The molecule has 0 aromatic rings. The number of unbranched alkanes of at least 4 members (excludes halogenated alkanes) is 39. The van der Waals surface area contributed by atoms with Crippen LogP contribution in [0.2, 0.25) is 0 Å². The summed E-state index contributed by atoms with van der Waals surface area (Å²) in [6.07, 6.45) is 83.1. The van der Waals surface area contributed by atoms with E-state index in [1.807, 2.05) is 33.3 Å². The van der Waals surface area contributed by atoms with Crippen LogP contribution in [0.5, 0.6) is 0 Å². The van der Waals surface area contributed by atoms with Gasteiger partial charge in [0.05, 0.1) is 33.8 Å². The van der Waals surface area contributed by atoms with Gasteiger partial charge in [-0.25, -0.2) is 0 Å². The molecule has 3 unspecified atom stereocenters. The molecule has 0 saturated carbocycles. The van der Waals surface area contributed by atoms with Crippen molar-refractivity contribution in [3.05, 3.63) is 72.9 Å². The lowest BCUT2D eigenvalue weighted by Crippen LogP contribution is -2.47. The average Bonchev–Trinajstić information content (AvgIpc) is 3.65. The highest BCUT2D eigenvalue weighted by Crippen LogP contribution is 2.38. The smallest absolute Gasteiger partial charge is 0.306 e. The van der Waals surface area contributed by atoms with Crippen LogP contribution in [0.15, 0.2) is 72.9 Å². The average molecular weight is 1200 g/mol. The summed E-state index contributed by atoms with van der Waals surface area (Å²) in [5.74, 6) is -0.542. The topological polar surface area (TPSA) is 114 Å². The molecular weight excluding hydrogens is 1060 g/mol. The molecule has 0 aliphatic heterocycles. The summed E-state index contributed by atoms with van der Waals surface area (Å²) in [4.78, 5) is 40.2. The Morgan fingerprint density at radius 1 is 0.429 bits per heavy atom. The molecule has 1 N–H and O–H groups in total. The van der Waals surface area contributed by atoms with Crippen molar-refractivity contribution in [1.82, 2.24) is 5.32 Å². The molecule has 0 fully saturated rings. The van der Waals surface area contributed by atoms with Gasteiger partial charge in [0.15, 0.2) is 0 Å². The van der Waals surface area contributed by atoms with Crippen LogP contribution in [-0.2, 0) is 27.9 Å². The first kappa shape index (κ1) is 81.5. The van der Waals surface area contributed by atoms with Crippen molar-refractivity contribution in [3.8, 4) is 0 Å². The molecule has 1 amide bonds. The zero-order valence-electron chi connectivity index (χ0n) is 56.1. The molecule has 0 aromatic heterocycles. The minimum absolute atomic E-state index is 0.0247. The molecule has 9 nitrogen and oxygen atoms in total. The van der Waals surface area contributed by atoms with E-state index >= 15 is 0 Å². The van der Waals surface area contributed by atoms with E-state index in [0.29, 0.717) is 17.4 Å². The van der Waals surface area contributed by atoms with Gasteiger partial charge in [0.2, 0.25) is 5.91 Å². The number of allylic oxidation sites excluding steroid dienone is 11. The number of likely N-dealkylation sites (N-methyl/N-ethyl adjacent to an activating group) is 1. The molecule has 0 spiro atoms. The molecule has 84 heavy (non-hydrogen) atoms. The number of carbonyl (C=O) groups is 2. The Labute approximate surface area is 521 Å². The lowest BCUT2D eigenvalue weighted by atomic mass is 10.0. The fraction of sp³-hybridized carbons (Fsp3) is 0.811. The van der Waals surface area contributed by atoms with Gasteiger partial charge in [-0.2, -0.15) is 0 Å². The number of quaternary nitrogens is 1. The summed E-state index contributed by atoms with van der Waals surface area (Å²) in [5.41, 5.74) is 0. The second-order valence-electron chi connectivity index (χ2n) is 25.4. The molecule has 0 aliphatic carbocycles. The third kappa shape index (κ3) is 63.9. The number of amides is 1. The summed E-state index contributed by atoms with van der Waals surface area (Å²) in [7, 11) is 1.18. The number of phosphoric acid groups is 1. The van der Waals surface area contributed by atoms with Crippen molar-refractivity contribution < 1.29 is 37.3 Å². The highest BCUT2D eigenvalue weighted by molar-refractivity contribution is 7.45. The first-order valence-corrected chi connectivity index (χ1v) is 37.2. The van der Waals surface area contributed by atoms with Gasteiger partial charge in [-0.05, 0) is 76.7 Å². The van der Waals surface area contributed by atoms with Gasteiger partial charge in [0.25, 0.3) is 7.82 Å². The van der Waals surface area contributed by atoms with Gasteiger partial charge >= 0.3 is 5.97 Å². The van der Waals surface area contributed by atoms with Gasteiger partial charge < -0.3 is 28.5 Å². The Bertz CT molecular complexity index is 1670. The van der Waals surface area contributed by atoms with E-state index < -0.39 is 26.6 Å². The second kappa shape index (κ2) is 63.5. The van der Waals surface area contributed by atoms with Crippen molar-refractivity contribution in [2.45, 2.75) is 348 Å². The summed E-state index contributed by atoms with van der Waals surface area (Å²) >= 11 is 0. The third-order valence-corrected chi connectivity index (χ3v) is 16.9. The van der Waals surface area contributed by atoms with Crippen LogP contribution in [0.4, 0.5) is 0 Å². The number of rotatable bonds is 65. The predicted molar refractivity (Wildman–Crippen MR) is 362 cm³/mol. The SMILES string of the molecule is CC/C=C\C/C=C\C/C=C\C/C=C\C/C=C\CCCCCCCCCC(=O)OC(/C=C/CCCCCCCCCCCC)C(COP(=O)([O-])OCC[N+](C)(C)C)NC(=O)CCCCCCCCCCCCCCCCCCCCCCCCC. The molecule has 0 rings (SSSR count). The van der Waals surface area contributed by atoms with Crippen LogP contribution in [-0.4, -0.2) is 69.4 Å². The molecule has 0 aliphatic rings. The van der Waals surface area contributed by atoms with Crippen molar-refractivity contribution >= 4 is 19.7 Å². The van der Waals surface area contributed by atoms with Crippen molar-refractivity contribution in [2.24, 2.45) is 0 Å². The van der Waals surface area contributed by atoms with E-state index in [-0.39, 0.29) is 24.9 Å². The van der Waals surface area contributed by atoms with Crippen LogP contribution >= 0.6 is 7.82 Å². The maximum Gasteiger partial charge on any atom is 0.306 e. The van der Waals surface area contributed by atoms with E-state index in [9.17, 15) is 19.0 Å². The largest absolute Gasteiger partial charge is 0.756 e. The Kier molecular flexibility index (Phi) is 61.5. The first-order chi connectivity index (χ1) is 40.9. The molecule has 0 bridgehead atoms. The standard InChI is InChI=1S/C74H137N2O7P/c1-7-10-13-16-19-22-25-28-30-32-34-36-38-40-42-44-46-48-51-54-57-60-63-66-73(77)75-71(70-82-84(79,80)81-69-68-76(4,5)6)72(65-62-59-56-53-50-27-24-21-18-15-12-9-3)83-74(78)67-64-61-58-55-52-49-47-45-43-41-39-37-35-33-31-29-26-23-20-17-14-11-8-2/h11,14,20,23,29,31,35,37,41,43,62,65,71-72H,7-10,12-13,15-19,21-22,24-28,30,32-34,36,38-40,42,44-61,63-64,66-70H2,1-6H3,(H-,75,77,79,80)/b14-11-,23-20-,31-29-,37-35-,43-41-,65-62+. The summed E-state index contributed by atoms with van der Waals surface area (Å²) in [5, 5.41) is 3.04. The van der Waals surface area contributed by atoms with Crippen LogP contribution in [0, 0.1) is 0 Å². The monoisotopic (exact) mass is 1200 g/mol. The predicted octanol–water partition coefficient (Wildman–Crippen LogP) is 22.1. The minimum Gasteiger partial charge on any atom is -0.756 e. The molecule has 3 atom stereocenters. The van der Waals surface area contributed by atoms with E-state index in [1.54, 1.807) is 0 Å². The number of carbonyl (C=O) groups excluding carboxylic acids is 2. The Morgan fingerprint density at radius 2 is 0.762 bits per heavy atom. The van der Waals surface area contributed by atoms with Gasteiger partial charge in [0, 0.05) is 12.8 Å². The highest BCUT2D eigenvalue weighted by Gasteiger charge is 2.27. The van der Waals surface area contributed by atoms with E-state index in [0.717, 1.165) is 103 Å². The molecular formula is C74H137N2O7P. The maximum atomic E-state index is 13.6. The molecule has 0 aromatic carbocycles. The molecule has 0 radical (unpaired) electrons. The summed E-state index contributed by atoms with van der Waals surface area (Å²) in [6.45, 7) is 6.77. The fourth-order valence-corrected chi connectivity index (χ4v) is 11.2. The second-order valence-corrected chi connectivity index (χ2v) is 26.8. The van der Waals surface area contributed by atoms with Crippen molar-refractivity contribution in [2.75, 3.05) is 40.9 Å². The normalized spacial score (nSPS) is 13.9. The lowest BCUT2D eigenvalue weighted by molar-refractivity contribution is -0.870. The van der Waals surface area contributed by atoms with E-state index in [1.165, 1.54) is 199 Å². The Hall–Kier alpha value is -2.55. The number of nitrogens with zero attached hydrogens (tertiary/aromatic N) is 1. The summed E-state index contributed by atoms with van der Waals surface area (Å²) < 4.78 is 30.4.